The first-order chi connectivity index (χ1) is 11.8. The average Bonchev–Trinajstić information content (AvgIpc) is 2.93. The fourth-order valence-electron chi connectivity index (χ4n) is 3.08. The summed E-state index contributed by atoms with van der Waals surface area (Å²) in [6, 6.07) is 11.4. The Labute approximate surface area is 143 Å². The van der Waals surface area contributed by atoms with Gasteiger partial charge in [0.2, 0.25) is 5.95 Å². The standard InChI is InChI=1S/C19H24N4O/c1-2-23(16-10-6-5-7-11-16)18(24)17-12-13-20-19(21-17)22-14-8-3-4-9-15-22/h5-7,10-13H,2-4,8-9,14-15H2,1H3. The number of para-hydroxylation sites is 1. The number of carbonyl (C=O) groups is 1. The minimum Gasteiger partial charge on any atom is -0.341 e. The van der Waals surface area contributed by atoms with Gasteiger partial charge in [-0.1, -0.05) is 31.0 Å². The molecule has 1 aromatic carbocycles. The maximum atomic E-state index is 12.9. The van der Waals surface area contributed by atoms with Crippen molar-refractivity contribution in [1.29, 1.82) is 0 Å². The Kier molecular flexibility index (Phi) is 5.41. The molecule has 5 heteroatoms. The summed E-state index contributed by atoms with van der Waals surface area (Å²) in [5.74, 6) is 0.592. The van der Waals surface area contributed by atoms with Crippen molar-refractivity contribution in [3.8, 4) is 0 Å². The molecule has 2 aromatic rings. The zero-order chi connectivity index (χ0) is 16.8. The topological polar surface area (TPSA) is 49.3 Å². The van der Waals surface area contributed by atoms with Gasteiger partial charge in [-0.3, -0.25) is 4.79 Å². The van der Waals surface area contributed by atoms with E-state index in [9.17, 15) is 4.79 Å². The predicted molar refractivity (Wildman–Crippen MR) is 96.5 cm³/mol. The molecule has 0 aliphatic carbocycles. The first kappa shape index (κ1) is 16.4. The van der Waals surface area contributed by atoms with Crippen LogP contribution in [0.25, 0.3) is 0 Å². The molecule has 0 saturated carbocycles. The van der Waals surface area contributed by atoms with Crippen LogP contribution in [0.2, 0.25) is 0 Å². The monoisotopic (exact) mass is 324 g/mol. The van der Waals surface area contributed by atoms with Gasteiger partial charge in [-0.05, 0) is 38.0 Å². The lowest BCUT2D eigenvalue weighted by atomic mass is 10.2. The quantitative estimate of drug-likeness (QED) is 0.863. The second-order valence-electron chi connectivity index (χ2n) is 6.03. The van der Waals surface area contributed by atoms with Crippen molar-refractivity contribution in [2.24, 2.45) is 0 Å². The van der Waals surface area contributed by atoms with Crippen molar-refractivity contribution in [3.63, 3.8) is 0 Å². The zero-order valence-corrected chi connectivity index (χ0v) is 14.2. The maximum Gasteiger partial charge on any atom is 0.277 e. The van der Waals surface area contributed by atoms with Gasteiger partial charge in [0, 0.05) is 31.5 Å². The summed E-state index contributed by atoms with van der Waals surface area (Å²) in [5.41, 5.74) is 1.34. The van der Waals surface area contributed by atoms with E-state index in [1.165, 1.54) is 12.8 Å². The Hall–Kier alpha value is -2.43. The summed E-state index contributed by atoms with van der Waals surface area (Å²) >= 11 is 0. The highest BCUT2D eigenvalue weighted by molar-refractivity contribution is 6.04. The largest absolute Gasteiger partial charge is 0.341 e. The van der Waals surface area contributed by atoms with E-state index in [0.717, 1.165) is 31.6 Å². The molecule has 1 aromatic heterocycles. The number of nitrogens with zero attached hydrogens (tertiary/aromatic N) is 4. The lowest BCUT2D eigenvalue weighted by Gasteiger charge is -2.23. The van der Waals surface area contributed by atoms with Crippen LogP contribution in [0.5, 0.6) is 0 Å². The number of aromatic nitrogens is 2. The number of hydrogen-bond acceptors (Lipinski definition) is 4. The van der Waals surface area contributed by atoms with Gasteiger partial charge in [0.15, 0.2) is 0 Å². The van der Waals surface area contributed by atoms with E-state index >= 15 is 0 Å². The summed E-state index contributed by atoms with van der Waals surface area (Å²) < 4.78 is 0. The molecule has 0 atom stereocenters. The molecule has 0 spiro atoms. The van der Waals surface area contributed by atoms with E-state index in [-0.39, 0.29) is 5.91 Å². The molecular weight excluding hydrogens is 300 g/mol. The summed E-state index contributed by atoms with van der Waals surface area (Å²) in [5, 5.41) is 0. The number of anilines is 2. The van der Waals surface area contributed by atoms with Crippen LogP contribution < -0.4 is 9.80 Å². The Morgan fingerprint density at radius 2 is 1.79 bits per heavy atom. The molecule has 24 heavy (non-hydrogen) atoms. The van der Waals surface area contributed by atoms with Gasteiger partial charge in [-0.15, -0.1) is 0 Å². The van der Waals surface area contributed by atoms with Crippen molar-refractivity contribution < 1.29 is 4.79 Å². The molecule has 5 nitrogen and oxygen atoms in total. The SMILES string of the molecule is CCN(C(=O)c1ccnc(N2CCCCCC2)n1)c1ccccc1. The molecule has 1 aliphatic rings. The van der Waals surface area contributed by atoms with Gasteiger partial charge in [0.05, 0.1) is 0 Å². The lowest BCUT2D eigenvalue weighted by molar-refractivity contribution is 0.0983. The number of carbonyl (C=O) groups excluding carboxylic acids is 1. The third kappa shape index (κ3) is 3.72. The molecule has 0 radical (unpaired) electrons. The fraction of sp³-hybridized carbons (Fsp3) is 0.421. The van der Waals surface area contributed by atoms with Crippen LogP contribution in [0.4, 0.5) is 11.6 Å². The Bertz CT molecular complexity index is 666. The maximum absolute atomic E-state index is 12.9. The number of amides is 1. The Morgan fingerprint density at radius 1 is 1.08 bits per heavy atom. The van der Waals surface area contributed by atoms with Crippen molar-refractivity contribution >= 4 is 17.5 Å². The van der Waals surface area contributed by atoms with Gasteiger partial charge in [-0.2, -0.15) is 0 Å². The molecule has 1 saturated heterocycles. The highest BCUT2D eigenvalue weighted by Crippen LogP contribution is 2.18. The third-order valence-electron chi connectivity index (χ3n) is 4.38. The molecule has 0 unspecified atom stereocenters. The molecule has 0 bridgehead atoms. The van der Waals surface area contributed by atoms with Crippen LogP contribution in [0.1, 0.15) is 43.1 Å². The summed E-state index contributed by atoms with van der Waals surface area (Å²) in [7, 11) is 0. The number of rotatable bonds is 4. The molecule has 1 fully saturated rings. The van der Waals surface area contributed by atoms with Crippen LogP contribution in [-0.2, 0) is 0 Å². The van der Waals surface area contributed by atoms with Gasteiger partial charge in [0.25, 0.3) is 5.91 Å². The van der Waals surface area contributed by atoms with Crippen molar-refractivity contribution in [2.45, 2.75) is 32.6 Å². The molecule has 1 amide bonds. The summed E-state index contributed by atoms with van der Waals surface area (Å²) in [6.45, 7) is 4.51. The van der Waals surface area contributed by atoms with Crippen LogP contribution in [0.3, 0.4) is 0 Å². The lowest BCUT2D eigenvalue weighted by Crippen LogP contribution is -2.32. The van der Waals surface area contributed by atoms with E-state index in [1.807, 2.05) is 37.3 Å². The van der Waals surface area contributed by atoms with Gasteiger partial charge in [-0.25, -0.2) is 9.97 Å². The van der Waals surface area contributed by atoms with Crippen molar-refractivity contribution in [1.82, 2.24) is 9.97 Å². The van der Waals surface area contributed by atoms with Crippen LogP contribution >= 0.6 is 0 Å². The number of hydrogen-bond donors (Lipinski definition) is 0. The van der Waals surface area contributed by atoms with Crippen LogP contribution in [-0.4, -0.2) is 35.5 Å². The molecule has 2 heterocycles. The van der Waals surface area contributed by atoms with E-state index in [0.29, 0.717) is 18.2 Å². The smallest absolute Gasteiger partial charge is 0.277 e. The van der Waals surface area contributed by atoms with E-state index in [2.05, 4.69) is 14.9 Å². The average molecular weight is 324 g/mol. The second-order valence-corrected chi connectivity index (χ2v) is 6.03. The molecular formula is C19H24N4O. The first-order valence-electron chi connectivity index (χ1n) is 8.74. The summed E-state index contributed by atoms with van der Waals surface area (Å²) in [6.07, 6.45) is 6.53. The summed E-state index contributed by atoms with van der Waals surface area (Å²) in [4.78, 5) is 25.8. The molecule has 126 valence electrons. The van der Waals surface area contributed by atoms with Gasteiger partial charge in [0.1, 0.15) is 5.69 Å². The van der Waals surface area contributed by atoms with Crippen molar-refractivity contribution in [2.75, 3.05) is 29.4 Å². The predicted octanol–water partition coefficient (Wildman–Crippen LogP) is 3.52. The second kappa shape index (κ2) is 7.90. The van der Waals surface area contributed by atoms with E-state index in [4.69, 9.17) is 0 Å². The minimum absolute atomic E-state index is 0.0813. The number of benzene rings is 1. The molecule has 1 aliphatic heterocycles. The Balaban J connectivity index is 1.83. The van der Waals surface area contributed by atoms with Crippen molar-refractivity contribution in [3.05, 3.63) is 48.3 Å². The van der Waals surface area contributed by atoms with Gasteiger partial charge < -0.3 is 9.80 Å². The first-order valence-corrected chi connectivity index (χ1v) is 8.74. The molecule has 0 N–H and O–H groups in total. The normalized spacial score (nSPS) is 15.0. The highest BCUT2D eigenvalue weighted by atomic mass is 16.2. The zero-order valence-electron chi connectivity index (χ0n) is 14.2. The molecule has 3 rings (SSSR count). The van der Waals surface area contributed by atoms with E-state index in [1.54, 1.807) is 17.2 Å². The van der Waals surface area contributed by atoms with Crippen LogP contribution in [0, 0.1) is 0 Å². The van der Waals surface area contributed by atoms with E-state index < -0.39 is 0 Å². The fourth-order valence-corrected chi connectivity index (χ4v) is 3.08. The Morgan fingerprint density at radius 3 is 2.46 bits per heavy atom. The third-order valence-corrected chi connectivity index (χ3v) is 4.38. The highest BCUT2D eigenvalue weighted by Gasteiger charge is 2.19. The minimum atomic E-state index is -0.0813. The van der Waals surface area contributed by atoms with Gasteiger partial charge >= 0.3 is 0 Å². The van der Waals surface area contributed by atoms with Crippen LogP contribution in [0.15, 0.2) is 42.6 Å².